The number of sulfonamides is 1. The second kappa shape index (κ2) is 9.57. The van der Waals surface area contributed by atoms with Gasteiger partial charge in [-0.3, -0.25) is 4.79 Å². The van der Waals surface area contributed by atoms with Crippen LogP contribution in [0, 0.1) is 0 Å². The Bertz CT molecular complexity index is 911. The maximum absolute atomic E-state index is 13.0. The summed E-state index contributed by atoms with van der Waals surface area (Å²) in [5.41, 5.74) is 1.01. The number of nitrogens with one attached hydrogen (secondary N) is 1. The molecular weight excluding hydrogens is 380 g/mol. The van der Waals surface area contributed by atoms with Crippen molar-refractivity contribution < 1.29 is 22.7 Å². The molecule has 2 aromatic carbocycles. The second-order valence-electron chi connectivity index (χ2n) is 6.06. The summed E-state index contributed by atoms with van der Waals surface area (Å²) in [5, 5.41) is 2.66. The van der Waals surface area contributed by atoms with Crippen LogP contribution in [0.4, 0.5) is 0 Å². The largest absolute Gasteiger partial charge is 0.496 e. The van der Waals surface area contributed by atoms with Gasteiger partial charge in [-0.25, -0.2) is 8.42 Å². The summed E-state index contributed by atoms with van der Waals surface area (Å²) in [6.45, 7) is 4.88. The van der Waals surface area contributed by atoms with Gasteiger partial charge in [-0.05, 0) is 49.7 Å². The Morgan fingerprint density at radius 2 is 1.79 bits per heavy atom. The van der Waals surface area contributed by atoms with Crippen LogP contribution in [0.5, 0.6) is 11.5 Å². The molecule has 0 radical (unpaired) electrons. The van der Waals surface area contributed by atoms with Gasteiger partial charge in [0.05, 0.1) is 24.2 Å². The summed E-state index contributed by atoms with van der Waals surface area (Å²) < 4.78 is 37.8. The number of benzene rings is 2. The zero-order valence-electron chi connectivity index (χ0n) is 16.6. The molecule has 2 aromatic rings. The van der Waals surface area contributed by atoms with Crippen molar-refractivity contribution in [2.24, 2.45) is 0 Å². The molecule has 0 atom stereocenters. The number of carbonyl (C=O) groups excluding carboxylic acids is 1. The Morgan fingerprint density at radius 1 is 1.11 bits per heavy atom. The van der Waals surface area contributed by atoms with Crippen LogP contribution in [0.3, 0.4) is 0 Å². The molecule has 2 rings (SSSR count). The van der Waals surface area contributed by atoms with E-state index >= 15 is 0 Å². The third kappa shape index (κ3) is 5.02. The van der Waals surface area contributed by atoms with Crippen LogP contribution in [0.15, 0.2) is 47.4 Å². The van der Waals surface area contributed by atoms with Gasteiger partial charge in [0.1, 0.15) is 11.5 Å². The highest BCUT2D eigenvalue weighted by molar-refractivity contribution is 7.89. The van der Waals surface area contributed by atoms with E-state index < -0.39 is 10.0 Å². The Balaban J connectivity index is 2.27. The Morgan fingerprint density at radius 3 is 2.36 bits per heavy atom. The highest BCUT2D eigenvalue weighted by atomic mass is 32.2. The smallest absolute Gasteiger partial charge is 0.255 e. The predicted molar refractivity (Wildman–Crippen MR) is 107 cm³/mol. The average Bonchev–Trinajstić information content (AvgIpc) is 2.69. The normalized spacial score (nSPS) is 11.3. The van der Waals surface area contributed by atoms with Crippen LogP contribution >= 0.6 is 0 Å². The zero-order valence-corrected chi connectivity index (χ0v) is 17.4. The summed E-state index contributed by atoms with van der Waals surface area (Å²) in [7, 11) is -0.850. The van der Waals surface area contributed by atoms with Gasteiger partial charge in [0.2, 0.25) is 10.0 Å². The van der Waals surface area contributed by atoms with Crippen molar-refractivity contribution in [2.45, 2.75) is 25.3 Å². The minimum absolute atomic E-state index is 0.0305. The van der Waals surface area contributed by atoms with Crippen LogP contribution in [0.2, 0.25) is 0 Å². The van der Waals surface area contributed by atoms with E-state index in [1.165, 1.54) is 36.7 Å². The van der Waals surface area contributed by atoms with Crippen molar-refractivity contribution in [3.63, 3.8) is 0 Å². The highest BCUT2D eigenvalue weighted by Crippen LogP contribution is 2.25. The molecule has 0 unspecified atom stereocenters. The van der Waals surface area contributed by atoms with Gasteiger partial charge in [0.15, 0.2) is 0 Å². The third-order valence-electron chi connectivity index (χ3n) is 4.10. The summed E-state index contributed by atoms with van der Waals surface area (Å²) in [5.74, 6) is 0.670. The lowest BCUT2D eigenvalue weighted by atomic mass is 10.2. The van der Waals surface area contributed by atoms with E-state index in [0.29, 0.717) is 18.9 Å². The van der Waals surface area contributed by atoms with Crippen molar-refractivity contribution >= 4 is 15.9 Å². The van der Waals surface area contributed by atoms with E-state index in [0.717, 1.165) is 11.3 Å². The fourth-order valence-electron chi connectivity index (χ4n) is 2.66. The van der Waals surface area contributed by atoms with Gasteiger partial charge in [0.25, 0.3) is 5.91 Å². The number of ether oxygens (including phenoxy) is 2. The number of amides is 1. The Hall–Kier alpha value is -2.58. The summed E-state index contributed by atoms with van der Waals surface area (Å²) in [6.07, 6.45) is 0. The van der Waals surface area contributed by atoms with Crippen molar-refractivity contribution in [2.75, 3.05) is 27.3 Å². The van der Waals surface area contributed by atoms with Gasteiger partial charge >= 0.3 is 0 Å². The lowest BCUT2D eigenvalue weighted by Crippen LogP contribution is -2.27. The number of methoxy groups -OCH3 is 1. The van der Waals surface area contributed by atoms with Crippen LogP contribution in [0.25, 0.3) is 0 Å². The first-order chi connectivity index (χ1) is 13.3. The fourth-order valence-corrected chi connectivity index (χ4v) is 3.85. The van der Waals surface area contributed by atoms with E-state index in [1.807, 2.05) is 19.1 Å². The van der Waals surface area contributed by atoms with Crippen LogP contribution in [0.1, 0.15) is 29.8 Å². The molecule has 0 aromatic heterocycles. The molecule has 0 fully saturated rings. The minimum Gasteiger partial charge on any atom is -0.496 e. The molecule has 28 heavy (non-hydrogen) atoms. The molecule has 0 aliphatic heterocycles. The Kier molecular flexibility index (Phi) is 7.42. The molecule has 1 amide bonds. The number of hydrogen-bond donors (Lipinski definition) is 1. The van der Waals surface area contributed by atoms with Crippen molar-refractivity contribution in [3.05, 3.63) is 53.6 Å². The standard InChI is InChI=1S/C20H26N2O5S/c1-5-21-20(23)18-13-17(11-12-19(18)26-4)28(24,25)22(3)14-15-7-9-16(10-8-15)27-6-2/h7-13H,5-6,14H2,1-4H3,(H,21,23). The minimum atomic E-state index is -3.79. The molecule has 0 heterocycles. The van der Waals surface area contributed by atoms with E-state index in [-0.39, 0.29) is 22.9 Å². The SMILES string of the molecule is CCNC(=O)c1cc(S(=O)(=O)N(C)Cc2ccc(OCC)cc2)ccc1OC. The maximum Gasteiger partial charge on any atom is 0.255 e. The van der Waals surface area contributed by atoms with E-state index in [1.54, 1.807) is 19.1 Å². The van der Waals surface area contributed by atoms with Crippen LogP contribution in [-0.4, -0.2) is 45.9 Å². The van der Waals surface area contributed by atoms with Crippen LogP contribution in [-0.2, 0) is 16.6 Å². The van der Waals surface area contributed by atoms with Crippen LogP contribution < -0.4 is 14.8 Å². The topological polar surface area (TPSA) is 84.9 Å². The predicted octanol–water partition coefficient (Wildman–Crippen LogP) is 2.66. The summed E-state index contributed by atoms with van der Waals surface area (Å²) in [4.78, 5) is 12.3. The first kappa shape index (κ1) is 21.7. The van der Waals surface area contributed by atoms with Gasteiger partial charge in [-0.1, -0.05) is 12.1 Å². The average molecular weight is 407 g/mol. The molecule has 8 heteroatoms. The molecule has 1 N–H and O–H groups in total. The molecule has 0 saturated carbocycles. The van der Waals surface area contributed by atoms with Crippen molar-refractivity contribution in [1.29, 1.82) is 0 Å². The van der Waals surface area contributed by atoms with Gasteiger partial charge in [0, 0.05) is 20.1 Å². The number of carbonyl (C=O) groups is 1. The molecule has 0 bridgehead atoms. The van der Waals surface area contributed by atoms with E-state index in [9.17, 15) is 13.2 Å². The maximum atomic E-state index is 13.0. The lowest BCUT2D eigenvalue weighted by Gasteiger charge is -2.19. The number of nitrogens with zero attached hydrogens (tertiary/aromatic N) is 1. The lowest BCUT2D eigenvalue weighted by molar-refractivity contribution is 0.0952. The second-order valence-corrected chi connectivity index (χ2v) is 8.10. The molecule has 0 spiro atoms. The summed E-state index contributed by atoms with van der Waals surface area (Å²) in [6, 6.07) is 11.5. The first-order valence-electron chi connectivity index (χ1n) is 8.97. The molecular formula is C20H26N2O5S. The first-order valence-corrected chi connectivity index (χ1v) is 10.4. The zero-order chi connectivity index (χ0) is 20.7. The molecule has 7 nitrogen and oxygen atoms in total. The van der Waals surface area contributed by atoms with Gasteiger partial charge < -0.3 is 14.8 Å². The van der Waals surface area contributed by atoms with E-state index in [2.05, 4.69) is 5.32 Å². The highest BCUT2D eigenvalue weighted by Gasteiger charge is 2.24. The van der Waals surface area contributed by atoms with E-state index in [4.69, 9.17) is 9.47 Å². The molecule has 0 saturated heterocycles. The Labute approximate surface area is 166 Å². The van der Waals surface area contributed by atoms with Crippen molar-refractivity contribution in [3.8, 4) is 11.5 Å². The number of rotatable bonds is 9. The van der Waals surface area contributed by atoms with Gasteiger partial charge in [-0.15, -0.1) is 0 Å². The van der Waals surface area contributed by atoms with Crippen molar-refractivity contribution in [1.82, 2.24) is 9.62 Å². The third-order valence-corrected chi connectivity index (χ3v) is 5.90. The monoisotopic (exact) mass is 406 g/mol. The van der Waals surface area contributed by atoms with Gasteiger partial charge in [-0.2, -0.15) is 4.31 Å². The summed E-state index contributed by atoms with van der Waals surface area (Å²) >= 11 is 0. The molecule has 0 aliphatic rings. The molecule has 0 aliphatic carbocycles. The molecule has 152 valence electrons. The fraction of sp³-hybridized carbons (Fsp3) is 0.350. The quantitative estimate of drug-likeness (QED) is 0.692. The number of hydrogen-bond acceptors (Lipinski definition) is 5.